The highest BCUT2D eigenvalue weighted by molar-refractivity contribution is 7.20. The third-order valence-corrected chi connectivity index (χ3v) is 5.32. The molecular weight excluding hydrogens is 337 g/mol. The number of benzene rings is 1. The molecule has 4 nitrogen and oxygen atoms in total. The van der Waals surface area contributed by atoms with Gasteiger partial charge in [0.1, 0.15) is 10.6 Å². The molecule has 0 saturated heterocycles. The monoisotopic (exact) mass is 359 g/mol. The first-order chi connectivity index (χ1) is 12.0. The summed E-state index contributed by atoms with van der Waals surface area (Å²) in [4.78, 5) is 14.1. The van der Waals surface area contributed by atoms with E-state index in [0.29, 0.717) is 11.4 Å². The predicted molar refractivity (Wildman–Crippen MR) is 99.7 cm³/mol. The molecule has 1 amide bonds. The summed E-state index contributed by atoms with van der Waals surface area (Å²) < 4.78 is 15.0. The lowest BCUT2D eigenvalue weighted by Gasteiger charge is -2.11. The van der Waals surface area contributed by atoms with Crippen molar-refractivity contribution in [3.8, 4) is 0 Å². The number of carbonyl (C=O) groups excluding carboxylic acids is 1. The maximum absolute atomic E-state index is 13.1. The Morgan fingerprint density at radius 2 is 2.08 bits per heavy atom. The molecule has 2 heterocycles. The van der Waals surface area contributed by atoms with Crippen molar-refractivity contribution in [1.29, 1.82) is 0 Å². The molecule has 0 radical (unpaired) electrons. The van der Waals surface area contributed by atoms with Gasteiger partial charge in [0.05, 0.1) is 17.1 Å². The van der Waals surface area contributed by atoms with Gasteiger partial charge in [-0.25, -0.2) is 4.39 Å². The molecule has 0 fully saturated rings. The molecule has 0 aliphatic rings. The van der Waals surface area contributed by atoms with Gasteiger partial charge in [-0.1, -0.05) is 25.5 Å². The predicted octanol–water partition coefficient (Wildman–Crippen LogP) is 4.51. The van der Waals surface area contributed by atoms with Gasteiger partial charge in [-0.05, 0) is 44.0 Å². The Morgan fingerprint density at radius 3 is 2.76 bits per heavy atom. The fourth-order valence-electron chi connectivity index (χ4n) is 2.89. The normalized spacial score (nSPS) is 12.5. The van der Waals surface area contributed by atoms with Crippen molar-refractivity contribution in [2.75, 3.05) is 0 Å². The lowest BCUT2D eigenvalue weighted by atomic mass is 10.2. The molecule has 1 unspecified atom stereocenters. The number of halogens is 1. The Kier molecular flexibility index (Phi) is 5.18. The van der Waals surface area contributed by atoms with E-state index in [1.807, 2.05) is 24.6 Å². The lowest BCUT2D eigenvalue weighted by Crippen LogP contribution is -2.31. The molecule has 0 saturated carbocycles. The van der Waals surface area contributed by atoms with Crippen molar-refractivity contribution in [1.82, 2.24) is 15.1 Å². The zero-order valence-electron chi connectivity index (χ0n) is 14.7. The van der Waals surface area contributed by atoms with Crippen LogP contribution in [0, 0.1) is 12.7 Å². The second-order valence-electron chi connectivity index (χ2n) is 6.36. The van der Waals surface area contributed by atoms with Gasteiger partial charge in [-0.2, -0.15) is 5.10 Å². The minimum atomic E-state index is -0.248. The number of rotatable bonds is 6. The van der Waals surface area contributed by atoms with Crippen LogP contribution in [0.15, 0.2) is 30.3 Å². The van der Waals surface area contributed by atoms with Crippen LogP contribution in [-0.4, -0.2) is 21.7 Å². The second-order valence-corrected chi connectivity index (χ2v) is 7.39. The van der Waals surface area contributed by atoms with Crippen LogP contribution in [0.2, 0.25) is 0 Å². The molecule has 1 N–H and O–H groups in total. The molecule has 2 aromatic heterocycles. The smallest absolute Gasteiger partial charge is 0.261 e. The number of hydrogen-bond acceptors (Lipinski definition) is 3. The number of carbonyl (C=O) groups is 1. The summed E-state index contributed by atoms with van der Waals surface area (Å²) in [7, 11) is 0. The maximum Gasteiger partial charge on any atom is 0.261 e. The van der Waals surface area contributed by atoms with Crippen LogP contribution in [0.4, 0.5) is 4.39 Å². The van der Waals surface area contributed by atoms with Crippen LogP contribution < -0.4 is 5.32 Å². The van der Waals surface area contributed by atoms with E-state index < -0.39 is 0 Å². The number of aryl methyl sites for hydroxylation is 1. The minimum Gasteiger partial charge on any atom is -0.349 e. The van der Waals surface area contributed by atoms with Crippen LogP contribution in [0.25, 0.3) is 10.2 Å². The Hall–Kier alpha value is -2.21. The molecule has 0 aliphatic heterocycles. The van der Waals surface area contributed by atoms with Gasteiger partial charge in [-0.3, -0.25) is 9.48 Å². The highest BCUT2D eigenvalue weighted by Crippen LogP contribution is 2.29. The van der Waals surface area contributed by atoms with Gasteiger partial charge < -0.3 is 5.32 Å². The van der Waals surface area contributed by atoms with Crippen molar-refractivity contribution < 1.29 is 9.18 Å². The van der Waals surface area contributed by atoms with Crippen LogP contribution >= 0.6 is 11.3 Å². The van der Waals surface area contributed by atoms with Gasteiger partial charge in [-0.15, -0.1) is 11.3 Å². The Bertz CT molecular complexity index is 882. The molecule has 1 atom stereocenters. The second kappa shape index (κ2) is 7.35. The van der Waals surface area contributed by atoms with Crippen molar-refractivity contribution in [3.63, 3.8) is 0 Å². The van der Waals surface area contributed by atoms with Crippen molar-refractivity contribution >= 4 is 27.5 Å². The molecule has 3 aromatic rings. The standard InChI is InChI=1S/C19H22FN3OS/c1-4-5-12(2)21-18(24)17-10-16-13(3)22-23(19(16)25-17)11-14-6-8-15(20)9-7-14/h6-10,12H,4-5,11H2,1-3H3,(H,21,24). The first-order valence-electron chi connectivity index (χ1n) is 8.50. The number of aromatic nitrogens is 2. The van der Waals surface area contributed by atoms with Crippen LogP contribution in [0.1, 0.15) is 47.6 Å². The zero-order valence-corrected chi connectivity index (χ0v) is 15.5. The van der Waals surface area contributed by atoms with Gasteiger partial charge >= 0.3 is 0 Å². The van der Waals surface area contributed by atoms with Crippen molar-refractivity contribution in [2.45, 2.75) is 46.2 Å². The molecule has 132 valence electrons. The first kappa shape index (κ1) is 17.6. The van der Waals surface area contributed by atoms with E-state index in [2.05, 4.69) is 17.3 Å². The van der Waals surface area contributed by atoms with E-state index in [1.165, 1.54) is 23.5 Å². The Morgan fingerprint density at radius 1 is 1.36 bits per heavy atom. The van der Waals surface area contributed by atoms with E-state index in [1.54, 1.807) is 12.1 Å². The number of amides is 1. The molecule has 0 bridgehead atoms. The van der Waals surface area contributed by atoms with E-state index in [0.717, 1.165) is 34.3 Å². The zero-order chi connectivity index (χ0) is 18.0. The number of fused-ring (bicyclic) bond motifs is 1. The van der Waals surface area contributed by atoms with E-state index in [-0.39, 0.29) is 17.8 Å². The summed E-state index contributed by atoms with van der Waals surface area (Å²) in [5.74, 6) is -0.281. The summed E-state index contributed by atoms with van der Waals surface area (Å²) in [6.45, 7) is 6.63. The summed E-state index contributed by atoms with van der Waals surface area (Å²) in [5, 5.41) is 8.60. The third-order valence-electron chi connectivity index (χ3n) is 4.18. The summed E-state index contributed by atoms with van der Waals surface area (Å²) in [6, 6.07) is 8.49. The van der Waals surface area contributed by atoms with Gasteiger partial charge in [0.25, 0.3) is 5.91 Å². The van der Waals surface area contributed by atoms with E-state index in [9.17, 15) is 9.18 Å². The fourth-order valence-corrected chi connectivity index (χ4v) is 3.96. The van der Waals surface area contributed by atoms with E-state index >= 15 is 0 Å². The minimum absolute atomic E-state index is 0.0325. The average Bonchev–Trinajstić information content (AvgIpc) is 3.12. The van der Waals surface area contributed by atoms with Gasteiger partial charge in [0.2, 0.25) is 0 Å². The summed E-state index contributed by atoms with van der Waals surface area (Å²) in [6.07, 6.45) is 2.01. The third kappa shape index (κ3) is 3.90. The summed E-state index contributed by atoms with van der Waals surface area (Å²) >= 11 is 1.45. The SMILES string of the molecule is CCCC(C)NC(=O)c1cc2c(C)nn(Cc3ccc(F)cc3)c2s1. The maximum atomic E-state index is 13.1. The largest absolute Gasteiger partial charge is 0.349 e. The molecule has 0 spiro atoms. The Labute approximate surface area is 150 Å². The number of nitrogens with one attached hydrogen (secondary N) is 1. The Balaban J connectivity index is 1.85. The molecule has 3 rings (SSSR count). The topological polar surface area (TPSA) is 46.9 Å². The van der Waals surface area contributed by atoms with Crippen LogP contribution in [-0.2, 0) is 6.54 Å². The molecule has 1 aromatic carbocycles. The van der Waals surface area contributed by atoms with Gasteiger partial charge in [0, 0.05) is 11.4 Å². The van der Waals surface area contributed by atoms with Crippen molar-refractivity contribution in [2.24, 2.45) is 0 Å². The summed E-state index contributed by atoms with van der Waals surface area (Å²) in [5.41, 5.74) is 1.87. The quantitative estimate of drug-likeness (QED) is 0.704. The number of thiophene rings is 1. The number of nitrogens with zero attached hydrogens (tertiary/aromatic N) is 2. The molecule has 0 aliphatic carbocycles. The van der Waals surface area contributed by atoms with Crippen LogP contribution in [0.3, 0.4) is 0 Å². The fraction of sp³-hybridized carbons (Fsp3) is 0.368. The average molecular weight is 359 g/mol. The lowest BCUT2D eigenvalue weighted by molar-refractivity contribution is 0.0942. The number of hydrogen-bond donors (Lipinski definition) is 1. The highest BCUT2D eigenvalue weighted by atomic mass is 32.1. The van der Waals surface area contributed by atoms with Crippen molar-refractivity contribution in [3.05, 3.63) is 52.3 Å². The van der Waals surface area contributed by atoms with E-state index in [4.69, 9.17) is 0 Å². The molecule has 25 heavy (non-hydrogen) atoms. The first-order valence-corrected chi connectivity index (χ1v) is 9.31. The highest BCUT2D eigenvalue weighted by Gasteiger charge is 2.17. The van der Waals surface area contributed by atoms with Crippen LogP contribution in [0.5, 0.6) is 0 Å². The van der Waals surface area contributed by atoms with Gasteiger partial charge in [0.15, 0.2) is 0 Å². The molecule has 6 heteroatoms. The molecular formula is C19H22FN3OS.